The molecule has 0 unspecified atom stereocenters. The SMILES string of the molecule is CCCCC#CC1(O)CCC1. The molecule has 0 saturated heterocycles. The van der Waals surface area contributed by atoms with Gasteiger partial charge < -0.3 is 5.11 Å². The molecule has 1 nitrogen and oxygen atoms in total. The molecule has 0 aliphatic heterocycles. The van der Waals surface area contributed by atoms with Crippen LogP contribution in [-0.2, 0) is 0 Å². The van der Waals surface area contributed by atoms with Crippen molar-refractivity contribution in [3.05, 3.63) is 0 Å². The van der Waals surface area contributed by atoms with Gasteiger partial charge in [-0.2, -0.15) is 0 Å². The maximum atomic E-state index is 9.54. The predicted molar refractivity (Wildman–Crippen MR) is 46.1 cm³/mol. The topological polar surface area (TPSA) is 20.2 Å². The van der Waals surface area contributed by atoms with Crippen molar-refractivity contribution in [2.24, 2.45) is 0 Å². The van der Waals surface area contributed by atoms with Crippen LogP contribution in [-0.4, -0.2) is 10.7 Å². The van der Waals surface area contributed by atoms with Crippen LogP contribution in [0.15, 0.2) is 0 Å². The Morgan fingerprint density at radius 3 is 2.64 bits per heavy atom. The monoisotopic (exact) mass is 152 g/mol. The van der Waals surface area contributed by atoms with E-state index in [9.17, 15) is 5.11 Å². The van der Waals surface area contributed by atoms with Gasteiger partial charge in [0.05, 0.1) is 0 Å². The molecular formula is C10H16O. The van der Waals surface area contributed by atoms with Gasteiger partial charge in [0.1, 0.15) is 5.60 Å². The van der Waals surface area contributed by atoms with Crippen molar-refractivity contribution >= 4 is 0 Å². The zero-order valence-corrected chi connectivity index (χ0v) is 7.19. The standard InChI is InChI=1S/C10H16O/c1-2-3-4-5-7-10(11)8-6-9-10/h11H,2-4,6,8-9H2,1H3. The van der Waals surface area contributed by atoms with E-state index in [1.807, 2.05) is 0 Å². The largest absolute Gasteiger partial charge is 0.378 e. The second-order valence-electron chi connectivity index (χ2n) is 3.29. The number of rotatable bonds is 2. The zero-order valence-electron chi connectivity index (χ0n) is 7.19. The molecule has 1 heteroatoms. The zero-order chi connectivity index (χ0) is 8.16. The maximum Gasteiger partial charge on any atom is 0.125 e. The second kappa shape index (κ2) is 3.78. The lowest BCUT2D eigenvalue weighted by molar-refractivity contribution is 0.0239. The Kier molecular flexibility index (Phi) is 2.96. The van der Waals surface area contributed by atoms with Gasteiger partial charge in [-0.05, 0) is 25.7 Å². The highest BCUT2D eigenvalue weighted by atomic mass is 16.3. The molecule has 1 aliphatic carbocycles. The lowest BCUT2D eigenvalue weighted by Crippen LogP contribution is -2.34. The molecule has 0 amide bonds. The van der Waals surface area contributed by atoms with E-state index >= 15 is 0 Å². The fourth-order valence-electron chi connectivity index (χ4n) is 1.13. The summed E-state index contributed by atoms with van der Waals surface area (Å²) in [6.45, 7) is 2.15. The summed E-state index contributed by atoms with van der Waals surface area (Å²) in [7, 11) is 0. The second-order valence-corrected chi connectivity index (χ2v) is 3.29. The van der Waals surface area contributed by atoms with Crippen molar-refractivity contribution in [1.29, 1.82) is 0 Å². The molecule has 0 heterocycles. The molecule has 0 aromatic heterocycles. The molecule has 1 rings (SSSR count). The molecule has 1 fully saturated rings. The van der Waals surface area contributed by atoms with Crippen LogP contribution in [0.4, 0.5) is 0 Å². The van der Waals surface area contributed by atoms with Crippen molar-refractivity contribution in [2.75, 3.05) is 0 Å². The molecule has 0 bridgehead atoms. The van der Waals surface area contributed by atoms with E-state index in [2.05, 4.69) is 18.8 Å². The van der Waals surface area contributed by atoms with E-state index in [1.165, 1.54) is 6.42 Å². The van der Waals surface area contributed by atoms with Crippen molar-refractivity contribution in [3.63, 3.8) is 0 Å². The van der Waals surface area contributed by atoms with Gasteiger partial charge in [0.2, 0.25) is 0 Å². The fourth-order valence-corrected chi connectivity index (χ4v) is 1.13. The van der Waals surface area contributed by atoms with Crippen LogP contribution in [0.1, 0.15) is 45.4 Å². The van der Waals surface area contributed by atoms with E-state index in [1.54, 1.807) is 0 Å². The highest BCUT2D eigenvalue weighted by Gasteiger charge is 2.31. The molecule has 0 aromatic carbocycles. The number of hydrogen-bond donors (Lipinski definition) is 1. The van der Waals surface area contributed by atoms with Gasteiger partial charge >= 0.3 is 0 Å². The summed E-state index contributed by atoms with van der Waals surface area (Å²) in [6, 6.07) is 0. The average Bonchev–Trinajstić information content (AvgIpc) is 1.95. The van der Waals surface area contributed by atoms with Crippen molar-refractivity contribution in [3.8, 4) is 11.8 Å². The molecule has 0 radical (unpaired) electrons. The predicted octanol–water partition coefficient (Wildman–Crippen LogP) is 2.09. The first-order valence-corrected chi connectivity index (χ1v) is 4.49. The van der Waals surface area contributed by atoms with Crippen LogP contribution in [0.5, 0.6) is 0 Å². The van der Waals surface area contributed by atoms with Crippen LogP contribution in [0.25, 0.3) is 0 Å². The molecule has 0 aromatic rings. The lowest BCUT2D eigenvalue weighted by Gasteiger charge is -2.30. The summed E-state index contributed by atoms with van der Waals surface area (Å²) in [4.78, 5) is 0. The van der Waals surface area contributed by atoms with E-state index in [0.717, 1.165) is 32.1 Å². The molecule has 11 heavy (non-hydrogen) atoms. The minimum Gasteiger partial charge on any atom is -0.378 e. The van der Waals surface area contributed by atoms with E-state index in [0.29, 0.717) is 0 Å². The molecule has 0 spiro atoms. The van der Waals surface area contributed by atoms with E-state index in [-0.39, 0.29) is 0 Å². The average molecular weight is 152 g/mol. The summed E-state index contributed by atoms with van der Waals surface area (Å²) in [6.07, 6.45) is 6.19. The Balaban J connectivity index is 2.20. The van der Waals surface area contributed by atoms with Gasteiger partial charge in [0.25, 0.3) is 0 Å². The maximum absolute atomic E-state index is 9.54. The number of aliphatic hydroxyl groups is 1. The quantitative estimate of drug-likeness (QED) is 0.474. The third-order valence-electron chi connectivity index (χ3n) is 2.16. The van der Waals surface area contributed by atoms with Gasteiger partial charge in [0, 0.05) is 6.42 Å². The van der Waals surface area contributed by atoms with Crippen LogP contribution < -0.4 is 0 Å². The Morgan fingerprint density at radius 1 is 1.45 bits per heavy atom. The molecule has 62 valence electrons. The van der Waals surface area contributed by atoms with Gasteiger partial charge in [-0.3, -0.25) is 0 Å². The summed E-state index contributed by atoms with van der Waals surface area (Å²) in [5.41, 5.74) is -0.590. The lowest BCUT2D eigenvalue weighted by atomic mass is 9.81. The summed E-state index contributed by atoms with van der Waals surface area (Å²) < 4.78 is 0. The summed E-state index contributed by atoms with van der Waals surface area (Å²) in [5, 5.41) is 9.54. The first-order valence-electron chi connectivity index (χ1n) is 4.49. The smallest absolute Gasteiger partial charge is 0.125 e. The Morgan fingerprint density at radius 2 is 2.18 bits per heavy atom. The summed E-state index contributed by atoms with van der Waals surface area (Å²) in [5.74, 6) is 5.96. The van der Waals surface area contributed by atoms with Crippen LogP contribution in [0.3, 0.4) is 0 Å². The van der Waals surface area contributed by atoms with Crippen LogP contribution in [0, 0.1) is 11.8 Å². The van der Waals surface area contributed by atoms with E-state index in [4.69, 9.17) is 0 Å². The fraction of sp³-hybridized carbons (Fsp3) is 0.800. The van der Waals surface area contributed by atoms with Crippen molar-refractivity contribution < 1.29 is 5.11 Å². The molecular weight excluding hydrogens is 136 g/mol. The minimum absolute atomic E-state index is 0.590. The Labute approximate surface area is 68.8 Å². The number of hydrogen-bond acceptors (Lipinski definition) is 1. The molecule has 1 saturated carbocycles. The first kappa shape index (κ1) is 8.62. The molecule has 1 N–H and O–H groups in total. The molecule has 1 aliphatic rings. The van der Waals surface area contributed by atoms with Crippen molar-refractivity contribution in [1.82, 2.24) is 0 Å². The Hall–Kier alpha value is -0.480. The number of unbranched alkanes of at least 4 members (excludes halogenated alkanes) is 2. The third-order valence-corrected chi connectivity index (χ3v) is 2.16. The van der Waals surface area contributed by atoms with Crippen molar-refractivity contribution in [2.45, 2.75) is 51.0 Å². The van der Waals surface area contributed by atoms with Gasteiger partial charge in [0.15, 0.2) is 0 Å². The van der Waals surface area contributed by atoms with Crippen LogP contribution in [0.2, 0.25) is 0 Å². The van der Waals surface area contributed by atoms with E-state index < -0.39 is 5.60 Å². The first-order chi connectivity index (χ1) is 5.27. The highest BCUT2D eigenvalue weighted by molar-refractivity contribution is 5.17. The van der Waals surface area contributed by atoms with Gasteiger partial charge in [-0.15, -0.1) is 5.92 Å². The van der Waals surface area contributed by atoms with Gasteiger partial charge in [-0.1, -0.05) is 19.3 Å². The Bertz CT molecular complexity index is 169. The summed E-state index contributed by atoms with van der Waals surface area (Å²) >= 11 is 0. The normalized spacial score (nSPS) is 19.8. The molecule has 0 atom stereocenters. The third kappa shape index (κ3) is 2.55. The van der Waals surface area contributed by atoms with Crippen LogP contribution >= 0.6 is 0 Å². The van der Waals surface area contributed by atoms with Gasteiger partial charge in [-0.25, -0.2) is 0 Å². The highest BCUT2D eigenvalue weighted by Crippen LogP contribution is 2.30. The minimum atomic E-state index is -0.590.